The second kappa shape index (κ2) is 8.10. The predicted octanol–water partition coefficient (Wildman–Crippen LogP) is 2.82. The number of hydrogen-bond acceptors (Lipinski definition) is 6. The molecular formula is C21H27FN4O3. The van der Waals surface area contributed by atoms with Gasteiger partial charge in [0.25, 0.3) is 0 Å². The van der Waals surface area contributed by atoms with Gasteiger partial charge >= 0.3 is 0 Å². The average molecular weight is 402 g/mol. The van der Waals surface area contributed by atoms with Crippen molar-refractivity contribution in [2.24, 2.45) is 0 Å². The van der Waals surface area contributed by atoms with Gasteiger partial charge in [0.15, 0.2) is 11.6 Å². The zero-order chi connectivity index (χ0) is 20.4. The number of carbonyl (C=O) groups is 1. The Morgan fingerprint density at radius 2 is 2.10 bits per heavy atom. The van der Waals surface area contributed by atoms with E-state index < -0.39 is 5.82 Å². The summed E-state index contributed by atoms with van der Waals surface area (Å²) in [7, 11) is 3.04. The van der Waals surface area contributed by atoms with Crippen LogP contribution in [0.15, 0.2) is 18.5 Å². The Labute approximate surface area is 169 Å². The van der Waals surface area contributed by atoms with Crippen LogP contribution in [0.25, 0.3) is 10.9 Å². The molecule has 1 atom stereocenters. The van der Waals surface area contributed by atoms with Gasteiger partial charge in [-0.1, -0.05) is 12.8 Å². The van der Waals surface area contributed by atoms with Crippen LogP contribution in [-0.2, 0) is 9.53 Å². The fraction of sp³-hybridized carbons (Fsp3) is 0.571. The van der Waals surface area contributed by atoms with Crippen molar-refractivity contribution in [3.63, 3.8) is 0 Å². The summed E-state index contributed by atoms with van der Waals surface area (Å²) in [6.45, 7) is 1.17. The fourth-order valence-corrected chi connectivity index (χ4v) is 4.96. The molecule has 29 heavy (non-hydrogen) atoms. The zero-order valence-corrected chi connectivity index (χ0v) is 16.9. The standard InChI is InChI=1S/C21H27FN4O3/c1-28-12-8-17(27)25-16-7-11-26(21(16)9-3-4-10-21)20-14-5-6-15(29-2)18(22)19(14)23-13-24-20/h5-6,13,16H,3-4,7-12H2,1-2H3,(H,25,27). The van der Waals surface area contributed by atoms with Crippen molar-refractivity contribution >= 4 is 22.6 Å². The van der Waals surface area contributed by atoms with E-state index in [0.717, 1.165) is 44.5 Å². The second-order valence-corrected chi connectivity index (χ2v) is 7.79. The molecule has 7 nitrogen and oxygen atoms in total. The number of fused-ring (bicyclic) bond motifs is 1. The first-order valence-electron chi connectivity index (χ1n) is 10.1. The number of nitrogens with zero attached hydrogens (tertiary/aromatic N) is 3. The third-order valence-electron chi connectivity index (χ3n) is 6.33. The average Bonchev–Trinajstić information content (AvgIpc) is 3.35. The van der Waals surface area contributed by atoms with Gasteiger partial charge in [-0.05, 0) is 31.4 Å². The molecule has 2 aliphatic rings. The number of halogens is 1. The van der Waals surface area contributed by atoms with E-state index in [0.29, 0.717) is 18.4 Å². The van der Waals surface area contributed by atoms with E-state index in [1.54, 1.807) is 13.2 Å². The molecule has 1 saturated carbocycles. The van der Waals surface area contributed by atoms with Gasteiger partial charge < -0.3 is 19.7 Å². The Balaban J connectivity index is 1.70. The van der Waals surface area contributed by atoms with Gasteiger partial charge in [0.1, 0.15) is 17.7 Å². The quantitative estimate of drug-likeness (QED) is 0.801. The molecule has 1 N–H and O–H groups in total. The molecular weight excluding hydrogens is 375 g/mol. The second-order valence-electron chi connectivity index (χ2n) is 7.79. The Morgan fingerprint density at radius 3 is 2.83 bits per heavy atom. The number of carbonyl (C=O) groups excluding carboxylic acids is 1. The van der Waals surface area contributed by atoms with Gasteiger partial charge in [-0.25, -0.2) is 14.4 Å². The van der Waals surface area contributed by atoms with Crippen LogP contribution in [0.1, 0.15) is 38.5 Å². The van der Waals surface area contributed by atoms with Crippen LogP contribution in [0.3, 0.4) is 0 Å². The van der Waals surface area contributed by atoms with Crippen molar-refractivity contribution in [3.8, 4) is 5.75 Å². The topological polar surface area (TPSA) is 76.6 Å². The molecule has 1 aromatic heterocycles. The van der Waals surface area contributed by atoms with Crippen LogP contribution in [0.5, 0.6) is 5.75 Å². The van der Waals surface area contributed by atoms with Gasteiger partial charge in [0, 0.05) is 25.5 Å². The molecule has 8 heteroatoms. The van der Waals surface area contributed by atoms with Crippen molar-refractivity contribution in [1.82, 2.24) is 15.3 Å². The van der Waals surface area contributed by atoms with Crippen LogP contribution in [-0.4, -0.2) is 54.8 Å². The highest BCUT2D eigenvalue weighted by Gasteiger charge is 2.51. The van der Waals surface area contributed by atoms with Crippen LogP contribution in [0.2, 0.25) is 0 Å². The maximum Gasteiger partial charge on any atom is 0.222 e. The largest absolute Gasteiger partial charge is 0.494 e. The highest BCUT2D eigenvalue weighted by molar-refractivity contribution is 5.91. The summed E-state index contributed by atoms with van der Waals surface area (Å²) < 4.78 is 24.9. The maximum atomic E-state index is 14.8. The Bertz CT molecular complexity index is 901. The molecule has 1 aliphatic heterocycles. The third-order valence-corrected chi connectivity index (χ3v) is 6.33. The highest BCUT2D eigenvalue weighted by Crippen LogP contribution is 2.46. The molecule has 0 bridgehead atoms. The van der Waals surface area contributed by atoms with Crippen molar-refractivity contribution in [2.45, 2.75) is 50.1 Å². The van der Waals surface area contributed by atoms with Crippen LogP contribution < -0.4 is 15.0 Å². The predicted molar refractivity (Wildman–Crippen MR) is 108 cm³/mol. The summed E-state index contributed by atoms with van der Waals surface area (Å²) >= 11 is 0. The first kappa shape index (κ1) is 19.8. The molecule has 2 fully saturated rings. The molecule has 2 aromatic rings. The number of rotatable bonds is 6. The number of benzene rings is 1. The molecule has 156 valence electrons. The smallest absolute Gasteiger partial charge is 0.222 e. The fourth-order valence-electron chi connectivity index (χ4n) is 4.96. The van der Waals surface area contributed by atoms with E-state index in [4.69, 9.17) is 9.47 Å². The molecule has 1 spiro atoms. The highest BCUT2D eigenvalue weighted by atomic mass is 19.1. The number of anilines is 1. The lowest BCUT2D eigenvalue weighted by molar-refractivity contribution is -0.123. The zero-order valence-electron chi connectivity index (χ0n) is 16.9. The van der Waals surface area contributed by atoms with Crippen molar-refractivity contribution in [2.75, 3.05) is 32.3 Å². The van der Waals surface area contributed by atoms with E-state index in [1.807, 2.05) is 6.07 Å². The molecule has 2 heterocycles. The molecule has 4 rings (SSSR count). The molecule has 1 saturated heterocycles. The monoisotopic (exact) mass is 402 g/mol. The van der Waals surface area contributed by atoms with E-state index in [-0.39, 0.29) is 28.8 Å². The maximum absolute atomic E-state index is 14.8. The number of aromatic nitrogens is 2. The number of hydrogen-bond donors (Lipinski definition) is 1. The van der Waals surface area contributed by atoms with E-state index in [1.165, 1.54) is 13.4 Å². The molecule has 1 unspecified atom stereocenters. The Kier molecular flexibility index (Phi) is 5.54. The Morgan fingerprint density at radius 1 is 1.31 bits per heavy atom. The van der Waals surface area contributed by atoms with Gasteiger partial charge in [0.2, 0.25) is 5.91 Å². The summed E-state index contributed by atoms with van der Waals surface area (Å²) in [5.74, 6) is 0.431. The van der Waals surface area contributed by atoms with E-state index in [9.17, 15) is 9.18 Å². The minimum Gasteiger partial charge on any atom is -0.494 e. The molecule has 1 aliphatic carbocycles. The number of nitrogens with one attached hydrogen (secondary N) is 1. The first-order chi connectivity index (χ1) is 14.1. The van der Waals surface area contributed by atoms with Gasteiger partial charge in [0.05, 0.1) is 25.3 Å². The van der Waals surface area contributed by atoms with Crippen LogP contribution in [0, 0.1) is 5.82 Å². The van der Waals surface area contributed by atoms with Crippen molar-refractivity contribution < 1.29 is 18.7 Å². The number of methoxy groups -OCH3 is 2. The lowest BCUT2D eigenvalue weighted by Gasteiger charge is -2.40. The molecule has 0 radical (unpaired) electrons. The summed E-state index contributed by atoms with van der Waals surface area (Å²) in [5, 5.41) is 3.90. The molecule has 1 aromatic carbocycles. The van der Waals surface area contributed by atoms with E-state index >= 15 is 0 Å². The minimum atomic E-state index is -0.474. The number of ether oxygens (including phenoxy) is 2. The summed E-state index contributed by atoms with van der Waals surface area (Å²) in [6.07, 6.45) is 6.76. The number of amides is 1. The lowest BCUT2D eigenvalue weighted by atomic mass is 9.88. The summed E-state index contributed by atoms with van der Waals surface area (Å²) in [4.78, 5) is 23.3. The summed E-state index contributed by atoms with van der Waals surface area (Å²) in [6, 6.07) is 3.48. The Hall–Kier alpha value is -2.48. The van der Waals surface area contributed by atoms with Crippen LogP contribution in [0.4, 0.5) is 10.2 Å². The van der Waals surface area contributed by atoms with Gasteiger partial charge in [-0.3, -0.25) is 4.79 Å². The SMILES string of the molecule is COCCC(=O)NC1CCN(c2ncnc3c(F)c(OC)ccc23)C12CCCC2. The van der Waals surface area contributed by atoms with Crippen molar-refractivity contribution in [1.29, 1.82) is 0 Å². The normalized spacial score (nSPS) is 20.5. The lowest BCUT2D eigenvalue weighted by Crippen LogP contribution is -2.55. The van der Waals surface area contributed by atoms with Crippen LogP contribution >= 0.6 is 0 Å². The molecule has 1 amide bonds. The first-order valence-corrected chi connectivity index (χ1v) is 10.1. The van der Waals surface area contributed by atoms with Crippen molar-refractivity contribution in [3.05, 3.63) is 24.3 Å². The van der Waals surface area contributed by atoms with Gasteiger partial charge in [-0.15, -0.1) is 0 Å². The minimum absolute atomic E-state index is 0.00769. The summed E-state index contributed by atoms with van der Waals surface area (Å²) in [5.41, 5.74) is 0.0653. The van der Waals surface area contributed by atoms with Gasteiger partial charge in [-0.2, -0.15) is 0 Å². The third kappa shape index (κ3) is 3.39. The van der Waals surface area contributed by atoms with E-state index in [2.05, 4.69) is 20.2 Å².